The van der Waals surface area contributed by atoms with E-state index in [1.807, 2.05) is 0 Å². The summed E-state index contributed by atoms with van der Waals surface area (Å²) in [6.45, 7) is 11.7. The molecule has 9 atom stereocenters. The van der Waals surface area contributed by atoms with E-state index in [4.69, 9.17) is 4.74 Å². The second-order valence-electron chi connectivity index (χ2n) is 10.4. The fraction of sp³-hybridized carbons (Fsp3) is 0.864. The third-order valence-electron chi connectivity index (χ3n) is 8.82. The molecule has 0 aromatic heterocycles. The summed E-state index contributed by atoms with van der Waals surface area (Å²) in [6.07, 6.45) is -4.23. The number of Topliss-reactive ketones (excluding diaryl/α,β-unsaturated/α-hetero) is 1. The molecule has 5 N–H and O–H groups in total. The average molecular weight is 640 g/mol. The molecular weight excluding hydrogens is 603 g/mol. The van der Waals surface area contributed by atoms with Crippen LogP contribution in [-0.2, 0) is 9.53 Å². The predicted molar refractivity (Wildman–Crippen MR) is 106 cm³/mol. The molecule has 8 heteroatoms. The number of carbonyl (C=O) groups is 1. The van der Waals surface area contributed by atoms with Crippen LogP contribution in [0.2, 0.25) is 0 Å². The summed E-state index contributed by atoms with van der Waals surface area (Å²) < 4.78 is 5.49. The number of aliphatic hydroxyl groups excluding tert-OH is 3. The van der Waals surface area contributed by atoms with Gasteiger partial charge in [-0.2, -0.15) is 0 Å². The van der Waals surface area contributed by atoms with Gasteiger partial charge in [-0.15, -0.1) is 0 Å². The van der Waals surface area contributed by atoms with E-state index in [1.54, 1.807) is 48.5 Å². The summed E-state index contributed by atoms with van der Waals surface area (Å²) in [6, 6.07) is 0. The molecule has 3 aliphatic rings. The van der Waals surface area contributed by atoms with Crippen LogP contribution in [-0.4, -0.2) is 73.5 Å². The Morgan fingerprint density at radius 2 is 1.70 bits per heavy atom. The van der Waals surface area contributed by atoms with Crippen LogP contribution in [0.1, 0.15) is 54.9 Å². The Bertz CT molecular complexity index is 746. The minimum Gasteiger partial charge on any atom is -0.392 e. The number of fused-ring (bicyclic) bond motifs is 3. The van der Waals surface area contributed by atoms with Gasteiger partial charge in [0.1, 0.15) is 11.7 Å². The zero-order chi connectivity index (χ0) is 22.3. The molecule has 0 aromatic rings. The largest absolute Gasteiger partial charge is 0.392 e. The van der Waals surface area contributed by atoms with Gasteiger partial charge >= 0.3 is 0 Å². The fourth-order valence-corrected chi connectivity index (χ4v) is 6.25. The maximum Gasteiger partial charge on any atom is 0.174 e. The Balaban J connectivity index is 0.00000320. The molecule has 1 heterocycles. The minimum atomic E-state index is -1.62. The molecule has 3 fully saturated rings. The van der Waals surface area contributed by atoms with Crippen LogP contribution in [0.25, 0.3) is 0 Å². The third-order valence-corrected chi connectivity index (χ3v) is 8.82. The van der Waals surface area contributed by atoms with Gasteiger partial charge in [0.15, 0.2) is 5.78 Å². The molecule has 0 bridgehead atoms. The van der Waals surface area contributed by atoms with E-state index < -0.39 is 64.1 Å². The first-order valence-electron chi connectivity index (χ1n) is 10.4. The third kappa shape index (κ3) is 3.28. The van der Waals surface area contributed by atoms with Gasteiger partial charge < -0.3 is 30.3 Å². The molecule has 2 aliphatic carbocycles. The molecule has 1 saturated heterocycles. The van der Waals surface area contributed by atoms with Gasteiger partial charge in [-0.05, 0) is 44.8 Å². The van der Waals surface area contributed by atoms with Crippen LogP contribution in [0.15, 0.2) is 11.1 Å². The summed E-state index contributed by atoms with van der Waals surface area (Å²) in [7, 11) is 0. The number of ether oxygens (including phenoxy) is 1. The van der Waals surface area contributed by atoms with Crippen molar-refractivity contribution in [2.45, 2.75) is 90.5 Å². The molecule has 7 unspecified atom stereocenters. The standard InChI is InChI=1S/C22H36O7.Ac/c1-10(12(3)23)15-16(25)18(26)20(6)13(24)8-14-22(28,9-29-14)17(20)11(2)21(7,27)19(15,4)5;/h11-14,16-17,23-25,27-28H,8-9H2,1-7H3;/b15-10-;/t11-,12?,13?,14?,16?,17?,20+,21?,22?;/m0./s1. The van der Waals surface area contributed by atoms with Crippen LogP contribution < -0.4 is 0 Å². The van der Waals surface area contributed by atoms with Gasteiger partial charge in [0.2, 0.25) is 0 Å². The Hall–Kier alpha value is 0.612. The minimum absolute atomic E-state index is 0. The first kappa shape index (κ1) is 26.9. The number of hydrogen-bond acceptors (Lipinski definition) is 7. The van der Waals surface area contributed by atoms with Crippen LogP contribution >= 0.6 is 0 Å². The molecule has 0 spiro atoms. The molecule has 3 rings (SSSR count). The van der Waals surface area contributed by atoms with Crippen molar-refractivity contribution in [3.63, 3.8) is 0 Å². The Labute approximate surface area is 214 Å². The van der Waals surface area contributed by atoms with E-state index >= 15 is 0 Å². The zero-order valence-electron chi connectivity index (χ0n) is 19.0. The van der Waals surface area contributed by atoms with Crippen LogP contribution in [0.5, 0.6) is 0 Å². The predicted octanol–water partition coefficient (Wildman–Crippen LogP) is 0.558. The van der Waals surface area contributed by atoms with Crippen molar-refractivity contribution < 1.29 is 79.1 Å². The maximum atomic E-state index is 13.7. The number of rotatable bonds is 1. The Morgan fingerprint density at radius 3 is 2.13 bits per heavy atom. The summed E-state index contributed by atoms with van der Waals surface area (Å²) in [5.41, 5.74) is -4.75. The Morgan fingerprint density at radius 1 is 1.17 bits per heavy atom. The summed E-state index contributed by atoms with van der Waals surface area (Å²) in [5.74, 6) is -2.04. The van der Waals surface area contributed by atoms with Crippen molar-refractivity contribution in [2.75, 3.05) is 6.61 Å². The van der Waals surface area contributed by atoms with Crippen molar-refractivity contribution in [3.8, 4) is 0 Å². The second-order valence-corrected chi connectivity index (χ2v) is 10.4. The van der Waals surface area contributed by atoms with Gasteiger partial charge in [-0.3, -0.25) is 4.79 Å². The van der Waals surface area contributed by atoms with E-state index in [0.29, 0.717) is 5.57 Å². The van der Waals surface area contributed by atoms with Gasteiger partial charge in [0.05, 0.1) is 35.9 Å². The monoisotopic (exact) mass is 639 g/mol. The average Bonchev–Trinajstić information content (AvgIpc) is 2.61. The van der Waals surface area contributed by atoms with Crippen molar-refractivity contribution in [1.82, 2.24) is 0 Å². The zero-order valence-corrected chi connectivity index (χ0v) is 23.8. The summed E-state index contributed by atoms with van der Waals surface area (Å²) in [4.78, 5) is 13.7. The molecule has 30 heavy (non-hydrogen) atoms. The van der Waals surface area contributed by atoms with E-state index in [0.717, 1.165) is 0 Å². The molecule has 1 radical (unpaired) electrons. The molecule has 169 valence electrons. The number of hydrogen-bond donors (Lipinski definition) is 5. The van der Waals surface area contributed by atoms with Crippen LogP contribution in [0, 0.1) is 66.7 Å². The summed E-state index contributed by atoms with van der Waals surface area (Å²) >= 11 is 0. The first-order valence-corrected chi connectivity index (χ1v) is 10.4. The van der Waals surface area contributed by atoms with Gasteiger partial charge in [-0.25, -0.2) is 0 Å². The van der Waals surface area contributed by atoms with Crippen molar-refractivity contribution >= 4 is 5.78 Å². The van der Waals surface area contributed by atoms with Crippen LogP contribution in [0.3, 0.4) is 0 Å². The number of carbonyl (C=O) groups excluding carboxylic acids is 1. The molecule has 0 amide bonds. The quantitative estimate of drug-likeness (QED) is 0.266. The van der Waals surface area contributed by atoms with E-state index in [1.165, 1.54) is 0 Å². The van der Waals surface area contributed by atoms with E-state index in [-0.39, 0.29) is 62.7 Å². The van der Waals surface area contributed by atoms with E-state index in [2.05, 4.69) is 0 Å². The molecule has 0 aromatic carbocycles. The molecule has 7 nitrogen and oxygen atoms in total. The molecular formula is C22H36AcO7. The molecule has 2 saturated carbocycles. The normalized spacial score (nSPS) is 50.7. The van der Waals surface area contributed by atoms with Gasteiger partial charge in [0, 0.05) is 61.8 Å². The summed E-state index contributed by atoms with van der Waals surface area (Å²) in [5, 5.41) is 55.7. The van der Waals surface area contributed by atoms with Crippen molar-refractivity contribution in [3.05, 3.63) is 11.1 Å². The van der Waals surface area contributed by atoms with Crippen molar-refractivity contribution in [1.29, 1.82) is 0 Å². The second kappa shape index (κ2) is 8.13. The first-order chi connectivity index (χ1) is 13.1. The van der Waals surface area contributed by atoms with Crippen molar-refractivity contribution in [2.24, 2.45) is 22.7 Å². The number of ketones is 1. The number of aliphatic hydroxyl groups is 5. The topological polar surface area (TPSA) is 127 Å². The SMILES string of the molecule is C/C(=C1\C(O)C(=O)[C@]2(C)C(O)CC3OCC3(O)C2[C@H](C)C(C)(O)C1(C)C)C(C)O.[Ac]. The van der Waals surface area contributed by atoms with Gasteiger partial charge in [0.25, 0.3) is 0 Å². The smallest absolute Gasteiger partial charge is 0.174 e. The fourth-order valence-electron chi connectivity index (χ4n) is 6.25. The van der Waals surface area contributed by atoms with E-state index in [9.17, 15) is 30.3 Å². The Kier molecular flexibility index (Phi) is 7.28. The van der Waals surface area contributed by atoms with Crippen LogP contribution in [0.4, 0.5) is 0 Å². The van der Waals surface area contributed by atoms with Gasteiger partial charge in [-0.1, -0.05) is 20.8 Å². The maximum absolute atomic E-state index is 13.7. The molecule has 1 aliphatic heterocycles.